The van der Waals surface area contributed by atoms with Gasteiger partial charge in [0.2, 0.25) is 21.8 Å². The van der Waals surface area contributed by atoms with Gasteiger partial charge in [-0.2, -0.15) is 0 Å². The molecule has 0 aliphatic carbocycles. The monoisotopic (exact) mass is 417 g/mol. The highest BCUT2D eigenvalue weighted by Crippen LogP contribution is 2.07. The molecule has 1 saturated heterocycles. The van der Waals surface area contributed by atoms with Gasteiger partial charge in [0.05, 0.1) is 16.4 Å². The fourth-order valence-electron chi connectivity index (χ4n) is 2.56. The number of carbonyl (C=O) groups is 2. The van der Waals surface area contributed by atoms with Gasteiger partial charge in [-0.3, -0.25) is 9.59 Å². The van der Waals surface area contributed by atoms with Crippen molar-refractivity contribution in [2.75, 3.05) is 31.1 Å². The molecule has 1 unspecified atom stereocenters. The van der Waals surface area contributed by atoms with Gasteiger partial charge in [0.25, 0.3) is 0 Å². The van der Waals surface area contributed by atoms with Crippen LogP contribution in [0.3, 0.4) is 0 Å². The maximum atomic E-state index is 12.3. The molecule has 1 heterocycles. The number of rotatable bonds is 7. The summed E-state index contributed by atoms with van der Waals surface area (Å²) in [7, 11) is -6.78. The van der Waals surface area contributed by atoms with Crippen molar-refractivity contribution >= 4 is 31.7 Å². The zero-order valence-electron chi connectivity index (χ0n) is 14.9. The lowest BCUT2D eigenvalue weighted by molar-refractivity contribution is -0.135. The quantitative estimate of drug-likeness (QED) is 0.592. The van der Waals surface area contributed by atoms with Crippen molar-refractivity contribution in [2.24, 2.45) is 0 Å². The molecule has 2 amide bonds. The first kappa shape index (κ1) is 21.3. The molecule has 0 radical (unpaired) electrons. The van der Waals surface area contributed by atoms with Gasteiger partial charge in [-0.15, -0.1) is 0 Å². The van der Waals surface area contributed by atoms with Crippen molar-refractivity contribution in [3.8, 4) is 0 Å². The van der Waals surface area contributed by atoms with E-state index in [1.807, 2.05) is 0 Å². The predicted molar refractivity (Wildman–Crippen MR) is 99.1 cm³/mol. The lowest BCUT2D eigenvalue weighted by Gasteiger charge is -2.29. The molecule has 0 bridgehead atoms. The van der Waals surface area contributed by atoms with E-state index >= 15 is 0 Å². The first-order valence-corrected chi connectivity index (χ1v) is 11.7. The van der Waals surface area contributed by atoms with Crippen LogP contribution in [0.25, 0.3) is 0 Å². The molecule has 0 saturated carbocycles. The molecule has 27 heavy (non-hydrogen) atoms. The highest BCUT2D eigenvalue weighted by molar-refractivity contribution is 7.91. The Balaban J connectivity index is 1.77. The maximum absolute atomic E-state index is 12.3. The van der Waals surface area contributed by atoms with Crippen molar-refractivity contribution in [1.82, 2.24) is 14.9 Å². The van der Waals surface area contributed by atoms with Crippen LogP contribution in [0, 0.1) is 0 Å². The van der Waals surface area contributed by atoms with Crippen molar-refractivity contribution in [3.63, 3.8) is 0 Å². The van der Waals surface area contributed by atoms with E-state index in [0.717, 1.165) is 0 Å². The van der Waals surface area contributed by atoms with Crippen molar-refractivity contribution in [1.29, 1.82) is 0 Å². The Morgan fingerprint density at radius 2 is 1.74 bits per heavy atom. The number of hydrogen-bond acceptors (Lipinski definition) is 6. The first-order valence-electron chi connectivity index (χ1n) is 8.44. The maximum Gasteiger partial charge on any atom is 0.244 e. The lowest BCUT2D eigenvalue weighted by atomic mass is 10.2. The van der Waals surface area contributed by atoms with E-state index in [2.05, 4.69) is 10.0 Å². The smallest absolute Gasteiger partial charge is 0.244 e. The number of sulfonamides is 1. The molecule has 2 N–H and O–H groups in total. The molecule has 9 nitrogen and oxygen atoms in total. The molecule has 11 heteroatoms. The second-order valence-electron chi connectivity index (χ2n) is 6.23. The van der Waals surface area contributed by atoms with Gasteiger partial charge in [-0.05, 0) is 19.1 Å². The number of benzene rings is 1. The predicted octanol–water partition coefficient (Wildman–Crippen LogP) is -0.883. The Hall–Kier alpha value is -1.98. The Kier molecular flexibility index (Phi) is 6.95. The molecular formula is C16H23N3O6S2. The Bertz CT molecular complexity index is 870. The summed E-state index contributed by atoms with van der Waals surface area (Å²) in [6.07, 6.45) is -0.127. The summed E-state index contributed by atoms with van der Waals surface area (Å²) in [5, 5.41) is 2.51. The van der Waals surface area contributed by atoms with E-state index in [0.29, 0.717) is 0 Å². The van der Waals surface area contributed by atoms with Crippen LogP contribution in [0.4, 0.5) is 0 Å². The minimum absolute atomic E-state index is 0.0827. The SMILES string of the molecule is CC(NC(=O)CCNS(=O)(=O)c1ccccc1)C(=O)N1CCS(=O)(=O)CC1. The summed E-state index contributed by atoms with van der Waals surface area (Å²) in [4.78, 5) is 25.7. The topological polar surface area (TPSA) is 130 Å². The van der Waals surface area contributed by atoms with Gasteiger partial charge in [0, 0.05) is 26.1 Å². The molecule has 150 valence electrons. The van der Waals surface area contributed by atoms with E-state index in [9.17, 15) is 26.4 Å². The van der Waals surface area contributed by atoms with Crippen LogP contribution in [0.2, 0.25) is 0 Å². The molecule has 1 atom stereocenters. The second-order valence-corrected chi connectivity index (χ2v) is 10.3. The zero-order valence-corrected chi connectivity index (χ0v) is 16.6. The summed E-state index contributed by atoms with van der Waals surface area (Å²) < 4.78 is 49.2. The lowest BCUT2D eigenvalue weighted by Crippen LogP contribution is -2.51. The minimum Gasteiger partial charge on any atom is -0.345 e. The van der Waals surface area contributed by atoms with E-state index in [1.165, 1.54) is 24.0 Å². The van der Waals surface area contributed by atoms with Gasteiger partial charge >= 0.3 is 0 Å². The standard InChI is InChI=1S/C16H23N3O6S2/c1-13(16(21)19-9-11-26(22,23)12-10-19)18-15(20)7-8-17-27(24,25)14-5-3-2-4-6-14/h2-6,13,17H,7-12H2,1H3,(H,18,20). The normalized spacial score (nSPS) is 17.9. The van der Waals surface area contributed by atoms with E-state index in [-0.39, 0.29) is 48.4 Å². The summed E-state index contributed by atoms with van der Waals surface area (Å²) in [5.74, 6) is -0.999. The summed E-state index contributed by atoms with van der Waals surface area (Å²) in [6.45, 7) is 1.62. The Labute approximate surface area is 159 Å². The largest absolute Gasteiger partial charge is 0.345 e. The van der Waals surface area contributed by atoms with Gasteiger partial charge in [-0.25, -0.2) is 21.6 Å². The average Bonchev–Trinajstić information content (AvgIpc) is 2.61. The number of amides is 2. The average molecular weight is 418 g/mol. The van der Waals surface area contributed by atoms with Crippen molar-refractivity contribution in [3.05, 3.63) is 30.3 Å². The highest BCUT2D eigenvalue weighted by Gasteiger charge is 2.28. The van der Waals surface area contributed by atoms with Crippen LogP contribution >= 0.6 is 0 Å². The molecular weight excluding hydrogens is 394 g/mol. The molecule has 0 spiro atoms. The van der Waals surface area contributed by atoms with Gasteiger partial charge in [0.15, 0.2) is 9.84 Å². The van der Waals surface area contributed by atoms with Gasteiger partial charge in [0.1, 0.15) is 6.04 Å². The van der Waals surface area contributed by atoms with Crippen LogP contribution in [-0.2, 0) is 29.4 Å². The minimum atomic E-state index is -3.69. The molecule has 1 fully saturated rings. The number of sulfone groups is 1. The molecule has 2 rings (SSSR count). The third-order valence-corrected chi connectivity index (χ3v) is 7.19. The highest BCUT2D eigenvalue weighted by atomic mass is 32.2. The fourth-order valence-corrected chi connectivity index (χ4v) is 4.82. The molecule has 0 aromatic heterocycles. The van der Waals surface area contributed by atoms with E-state index in [4.69, 9.17) is 0 Å². The third-order valence-electron chi connectivity index (χ3n) is 4.10. The van der Waals surface area contributed by atoms with Crippen molar-refractivity contribution < 1.29 is 26.4 Å². The van der Waals surface area contributed by atoms with E-state index in [1.54, 1.807) is 18.2 Å². The van der Waals surface area contributed by atoms with Crippen LogP contribution in [0.5, 0.6) is 0 Å². The van der Waals surface area contributed by atoms with Crippen LogP contribution in [-0.4, -0.2) is 70.7 Å². The molecule has 1 aromatic rings. The Morgan fingerprint density at radius 1 is 1.15 bits per heavy atom. The zero-order chi connectivity index (χ0) is 20.1. The number of carbonyl (C=O) groups excluding carboxylic acids is 2. The second kappa shape index (κ2) is 8.81. The first-order chi connectivity index (χ1) is 12.6. The summed E-state index contributed by atoms with van der Waals surface area (Å²) in [6, 6.07) is 6.97. The molecule has 1 aromatic carbocycles. The fraction of sp³-hybridized carbons (Fsp3) is 0.500. The van der Waals surface area contributed by atoms with Crippen LogP contribution in [0.1, 0.15) is 13.3 Å². The number of hydrogen-bond donors (Lipinski definition) is 2. The number of nitrogens with one attached hydrogen (secondary N) is 2. The van der Waals surface area contributed by atoms with Crippen LogP contribution < -0.4 is 10.0 Å². The molecule has 1 aliphatic heterocycles. The summed E-state index contributed by atoms with van der Waals surface area (Å²) in [5.41, 5.74) is 0. The number of nitrogens with zero attached hydrogens (tertiary/aromatic N) is 1. The summed E-state index contributed by atoms with van der Waals surface area (Å²) >= 11 is 0. The van der Waals surface area contributed by atoms with Gasteiger partial charge < -0.3 is 10.2 Å². The third kappa shape index (κ3) is 6.29. The van der Waals surface area contributed by atoms with E-state index < -0.39 is 31.8 Å². The van der Waals surface area contributed by atoms with Gasteiger partial charge in [-0.1, -0.05) is 18.2 Å². The molecule has 1 aliphatic rings. The Morgan fingerprint density at radius 3 is 2.33 bits per heavy atom. The van der Waals surface area contributed by atoms with Crippen LogP contribution in [0.15, 0.2) is 35.2 Å². The van der Waals surface area contributed by atoms with Crippen molar-refractivity contribution in [2.45, 2.75) is 24.3 Å².